The largest absolute Gasteiger partial charge is 0.395 e. The van der Waals surface area contributed by atoms with Crippen LogP contribution in [0.3, 0.4) is 0 Å². The van der Waals surface area contributed by atoms with Crippen LogP contribution in [-0.2, 0) is 6.54 Å². The molecule has 4 aromatic heterocycles. The summed E-state index contributed by atoms with van der Waals surface area (Å²) in [6.45, 7) is 0.815. The van der Waals surface area contributed by atoms with Gasteiger partial charge in [0.05, 0.1) is 23.5 Å². The van der Waals surface area contributed by atoms with E-state index in [9.17, 15) is 0 Å². The van der Waals surface area contributed by atoms with E-state index in [1.54, 1.807) is 12.4 Å². The highest BCUT2D eigenvalue weighted by Crippen LogP contribution is 2.32. The summed E-state index contributed by atoms with van der Waals surface area (Å²) in [5, 5.41) is 0. The maximum absolute atomic E-state index is 6.06. The Balaban J connectivity index is 1.93. The van der Waals surface area contributed by atoms with Gasteiger partial charge < -0.3 is 8.82 Å². The molecule has 0 atom stereocenters. The molecule has 0 aromatic carbocycles. The van der Waals surface area contributed by atoms with E-state index < -0.39 is 0 Å². The van der Waals surface area contributed by atoms with E-state index in [2.05, 4.69) is 20.7 Å². The summed E-state index contributed by atoms with van der Waals surface area (Å²) in [6.07, 6.45) is 11.3. The lowest BCUT2D eigenvalue weighted by Crippen LogP contribution is -2.30. The second kappa shape index (κ2) is 3.00. The molecule has 1 aliphatic heterocycles. The highest BCUT2D eigenvalue weighted by Gasteiger charge is 2.35. The summed E-state index contributed by atoms with van der Waals surface area (Å²) in [6, 6.07) is 2.00. The quantitative estimate of drug-likeness (QED) is 0.393. The van der Waals surface area contributed by atoms with Crippen LogP contribution in [0.25, 0.3) is 28.1 Å². The summed E-state index contributed by atoms with van der Waals surface area (Å²) in [4.78, 5) is 8.33. The highest BCUT2D eigenvalue weighted by molar-refractivity contribution is 5.88. The highest BCUT2D eigenvalue weighted by atomic mass is 16.4. The molecule has 0 unspecified atom stereocenters. The number of aromatic nitrogens is 4. The number of nitrogens with zero attached hydrogens (tertiary/aromatic N) is 4. The van der Waals surface area contributed by atoms with Crippen molar-refractivity contribution in [2.24, 2.45) is 0 Å². The van der Waals surface area contributed by atoms with Gasteiger partial charge in [-0.3, -0.25) is 9.97 Å². The fourth-order valence-corrected chi connectivity index (χ4v) is 2.83. The van der Waals surface area contributed by atoms with Crippen molar-refractivity contribution in [3.8, 4) is 11.5 Å². The van der Waals surface area contributed by atoms with Gasteiger partial charge >= 0.3 is 5.89 Å². The smallest absolute Gasteiger partial charge is 0.382 e. The molecular weight excluding hydrogens is 240 g/mol. The Hall–Kier alpha value is -2.69. The van der Waals surface area contributed by atoms with E-state index in [4.69, 9.17) is 4.42 Å². The molecule has 5 nitrogen and oxygen atoms in total. The minimum absolute atomic E-state index is 0.815. The lowest BCUT2D eigenvalue weighted by atomic mass is 10.2. The molecule has 1 aliphatic rings. The van der Waals surface area contributed by atoms with E-state index in [-0.39, 0.29) is 0 Å². The van der Waals surface area contributed by atoms with Gasteiger partial charge in [-0.2, -0.15) is 4.57 Å². The van der Waals surface area contributed by atoms with Crippen LogP contribution < -0.4 is 4.57 Å². The van der Waals surface area contributed by atoms with Crippen molar-refractivity contribution in [2.75, 3.05) is 0 Å². The number of hydrogen-bond acceptors (Lipinski definition) is 3. The first-order valence-electron chi connectivity index (χ1n) is 6.12. The second-order valence-electron chi connectivity index (χ2n) is 4.74. The fourth-order valence-electron chi connectivity index (χ4n) is 2.83. The van der Waals surface area contributed by atoms with Gasteiger partial charge in [0.2, 0.25) is 5.58 Å². The van der Waals surface area contributed by atoms with Gasteiger partial charge in [-0.25, -0.2) is 0 Å². The summed E-state index contributed by atoms with van der Waals surface area (Å²) in [7, 11) is 0. The Kier molecular flexibility index (Phi) is 1.46. The topological polar surface area (TPSA) is 47.2 Å². The third-order valence-electron chi connectivity index (χ3n) is 3.71. The van der Waals surface area contributed by atoms with Crippen molar-refractivity contribution in [3.63, 3.8) is 0 Å². The van der Waals surface area contributed by atoms with Gasteiger partial charge in [0, 0.05) is 24.8 Å². The van der Waals surface area contributed by atoms with Crippen molar-refractivity contribution in [1.29, 1.82) is 0 Å². The van der Waals surface area contributed by atoms with Gasteiger partial charge in [0.15, 0.2) is 6.54 Å². The predicted octanol–water partition coefficient (Wildman–Crippen LogP) is 1.79. The van der Waals surface area contributed by atoms with Crippen molar-refractivity contribution in [2.45, 2.75) is 6.54 Å². The minimum atomic E-state index is 0.815. The van der Waals surface area contributed by atoms with Crippen LogP contribution in [-0.4, -0.2) is 14.4 Å². The Morgan fingerprint density at radius 1 is 1.21 bits per heavy atom. The van der Waals surface area contributed by atoms with Crippen molar-refractivity contribution >= 4 is 16.6 Å². The molecule has 5 rings (SSSR count). The second-order valence-corrected chi connectivity index (χ2v) is 4.74. The van der Waals surface area contributed by atoms with E-state index in [1.165, 1.54) is 5.56 Å². The molecule has 0 amide bonds. The lowest BCUT2D eigenvalue weighted by Gasteiger charge is -1.90. The van der Waals surface area contributed by atoms with Crippen molar-refractivity contribution in [3.05, 3.63) is 48.8 Å². The Labute approximate surface area is 107 Å². The molecule has 90 valence electrons. The molecule has 0 saturated carbocycles. The zero-order valence-electron chi connectivity index (χ0n) is 9.95. The Morgan fingerprint density at radius 3 is 3.16 bits per heavy atom. The number of pyridine rings is 1. The van der Waals surface area contributed by atoms with E-state index in [0.29, 0.717) is 0 Å². The van der Waals surface area contributed by atoms with Gasteiger partial charge in [-0.15, -0.1) is 0 Å². The zero-order valence-corrected chi connectivity index (χ0v) is 9.95. The van der Waals surface area contributed by atoms with E-state index >= 15 is 0 Å². The molecule has 4 aromatic rings. The minimum Gasteiger partial charge on any atom is -0.395 e. The maximum Gasteiger partial charge on any atom is 0.382 e. The van der Waals surface area contributed by atoms with Crippen LogP contribution in [0.15, 0.2) is 47.7 Å². The van der Waals surface area contributed by atoms with E-state index in [0.717, 1.165) is 34.6 Å². The maximum atomic E-state index is 6.06. The molecule has 0 N–H and O–H groups in total. The van der Waals surface area contributed by atoms with Gasteiger partial charge in [-0.05, 0) is 6.07 Å². The number of oxazole rings is 1. The first-order chi connectivity index (χ1) is 9.42. The molecule has 5 heteroatoms. The number of hydrogen-bond donors (Lipinski definition) is 0. The predicted molar refractivity (Wildman–Crippen MR) is 67.5 cm³/mol. The molecule has 0 fully saturated rings. The van der Waals surface area contributed by atoms with Crippen LogP contribution in [0.1, 0.15) is 5.56 Å². The molecule has 0 bridgehead atoms. The van der Waals surface area contributed by atoms with Crippen LogP contribution in [0.5, 0.6) is 0 Å². The summed E-state index contributed by atoms with van der Waals surface area (Å²) in [5.41, 5.74) is 5.32. The Morgan fingerprint density at radius 2 is 2.16 bits per heavy atom. The van der Waals surface area contributed by atoms with Gasteiger partial charge in [0.25, 0.3) is 5.52 Å². The molecule has 0 saturated heterocycles. The van der Waals surface area contributed by atoms with E-state index in [1.807, 2.05) is 29.1 Å². The monoisotopic (exact) mass is 249 g/mol. The molecule has 0 aliphatic carbocycles. The molecule has 0 spiro atoms. The Bertz CT molecular complexity index is 951. The van der Waals surface area contributed by atoms with Crippen LogP contribution in [0, 0.1) is 0 Å². The molecule has 19 heavy (non-hydrogen) atoms. The molecule has 0 radical (unpaired) electrons. The van der Waals surface area contributed by atoms with Crippen LogP contribution in [0.4, 0.5) is 0 Å². The summed E-state index contributed by atoms with van der Waals surface area (Å²) in [5.74, 6) is 0.911. The number of rotatable bonds is 0. The summed E-state index contributed by atoms with van der Waals surface area (Å²) < 4.78 is 10.3. The summed E-state index contributed by atoms with van der Waals surface area (Å²) >= 11 is 0. The van der Waals surface area contributed by atoms with Gasteiger partial charge in [-0.1, -0.05) is 0 Å². The normalized spacial score (nSPS) is 13.1. The third-order valence-corrected chi connectivity index (χ3v) is 3.71. The van der Waals surface area contributed by atoms with Crippen molar-refractivity contribution < 1.29 is 8.98 Å². The lowest BCUT2D eigenvalue weighted by molar-refractivity contribution is -0.649. The first kappa shape index (κ1) is 9.27. The van der Waals surface area contributed by atoms with Crippen LogP contribution in [0.2, 0.25) is 0 Å². The average Bonchev–Trinajstić information content (AvgIpc) is 3.07. The number of fused-ring (bicyclic) bond motifs is 7. The standard InChI is InChI=1S/C14H9N4O/c1-2-15-5-9-7-18-12-8-17-4-3-16-6-11(17)13(12)19-14(18)10(1)9/h1-6,8H,7H2/q+1. The fraction of sp³-hybridized carbons (Fsp3) is 0.0714. The SMILES string of the molecule is c1cc2c(cn1)C[n+]1c-2oc2c3cnccn3cc21. The average molecular weight is 249 g/mol. The first-order valence-corrected chi connectivity index (χ1v) is 6.12. The van der Waals surface area contributed by atoms with Crippen molar-refractivity contribution in [1.82, 2.24) is 14.4 Å². The zero-order chi connectivity index (χ0) is 12.4. The van der Waals surface area contributed by atoms with Crippen LogP contribution >= 0.6 is 0 Å². The van der Waals surface area contributed by atoms with Gasteiger partial charge in [0.1, 0.15) is 5.52 Å². The molecule has 5 heterocycles. The third kappa shape index (κ3) is 1.03. The molecular formula is C14H9N4O+.